The fraction of sp³-hybridized carbons (Fsp3) is 0.480. The Morgan fingerprint density at radius 1 is 1.19 bits per heavy atom. The van der Waals surface area contributed by atoms with Gasteiger partial charge in [0.25, 0.3) is 17.4 Å². The quantitative estimate of drug-likeness (QED) is 0.370. The Kier molecular flexibility index (Phi) is 6.86. The van der Waals surface area contributed by atoms with E-state index in [4.69, 9.17) is 11.6 Å². The summed E-state index contributed by atoms with van der Waals surface area (Å²) in [6.45, 7) is 11.6. The molecule has 3 aromatic rings. The monoisotopic (exact) mass is 489 g/mol. The summed E-state index contributed by atoms with van der Waals surface area (Å²) in [6, 6.07) is 5.28. The summed E-state index contributed by atoms with van der Waals surface area (Å²) in [7, 11) is 0. The number of nitrogens with one attached hydrogen (secondary N) is 3. The Morgan fingerprint density at radius 2 is 2.00 bits per heavy atom. The van der Waals surface area contributed by atoms with Crippen molar-refractivity contribution in [2.45, 2.75) is 57.6 Å². The number of fused-ring (bicyclic) bond motifs is 1. The number of aliphatic hydroxyl groups excluding tert-OH is 1. The van der Waals surface area contributed by atoms with E-state index in [1.54, 1.807) is 12.1 Å². The average Bonchev–Trinajstić information content (AvgIpc) is 3.56. The van der Waals surface area contributed by atoms with Crippen molar-refractivity contribution >= 4 is 40.5 Å². The van der Waals surface area contributed by atoms with E-state index in [9.17, 15) is 9.90 Å². The molecule has 1 saturated heterocycles. The largest absolute Gasteiger partial charge is 0.391 e. The number of aromatic nitrogens is 4. The Bertz CT molecular complexity index is 1290. The van der Waals surface area contributed by atoms with Crippen molar-refractivity contribution in [3.8, 4) is 0 Å². The molecule has 188 valence electrons. The maximum atomic E-state index is 13.0. The second kappa shape index (κ2) is 10.4. The third-order valence-corrected chi connectivity index (χ3v) is 6.75. The van der Waals surface area contributed by atoms with Crippen molar-refractivity contribution in [2.75, 3.05) is 35.6 Å². The van der Waals surface area contributed by atoms with Crippen LogP contribution in [0.4, 0.5) is 29.0 Å². The van der Waals surface area contributed by atoms with E-state index in [2.05, 4.69) is 30.9 Å². The molecule has 0 unspecified atom stereocenters. The number of imidazole rings is 1. The SMILES string of the molecule is [C-]#[N+]c1cnc2c(Nc3ccc(C(=O)N4CCCC4)c(NCC)n3)cc(N[C@H]3CCCC[C@@H]3O)nn12. The van der Waals surface area contributed by atoms with Crippen LogP contribution in [0.3, 0.4) is 0 Å². The molecule has 1 aliphatic carbocycles. The van der Waals surface area contributed by atoms with Crippen molar-refractivity contribution in [1.82, 2.24) is 24.5 Å². The standard InChI is InChI=1S/C25H31N9O2/c1-3-27-23-16(25(36)33-12-6-7-13-33)10-11-20(31-23)30-18-14-21(29-17-8-4-5-9-19(17)35)32-34-22(26-2)15-28-24(18)34/h10-11,14-15,17,19,35H,3-9,12-13H2,1H3,(H,29,32)(H2,27,30,31)/t17-,19-/m0/s1. The minimum atomic E-state index is -0.444. The number of carbonyl (C=O) groups is 1. The Balaban J connectivity index is 1.47. The maximum Gasteiger partial charge on any atom is 0.275 e. The Morgan fingerprint density at radius 3 is 2.75 bits per heavy atom. The lowest BCUT2D eigenvalue weighted by molar-refractivity contribution is 0.0793. The Labute approximate surface area is 209 Å². The predicted octanol–water partition coefficient (Wildman–Crippen LogP) is 3.80. The van der Waals surface area contributed by atoms with Gasteiger partial charge < -0.3 is 30.8 Å². The van der Waals surface area contributed by atoms with Crippen LogP contribution in [0.15, 0.2) is 24.4 Å². The van der Waals surface area contributed by atoms with E-state index in [0.29, 0.717) is 40.9 Å². The van der Waals surface area contributed by atoms with Crippen LogP contribution in [0.1, 0.15) is 55.8 Å². The molecule has 0 spiro atoms. The summed E-state index contributed by atoms with van der Waals surface area (Å²) < 4.78 is 1.49. The molecule has 4 N–H and O–H groups in total. The first-order valence-corrected chi connectivity index (χ1v) is 12.6. The Hall–Kier alpha value is -3.91. The summed E-state index contributed by atoms with van der Waals surface area (Å²) >= 11 is 0. The summed E-state index contributed by atoms with van der Waals surface area (Å²) in [4.78, 5) is 27.5. The molecule has 3 aromatic heterocycles. The van der Waals surface area contributed by atoms with Gasteiger partial charge in [0.1, 0.15) is 17.3 Å². The summed E-state index contributed by atoms with van der Waals surface area (Å²) in [5, 5.41) is 24.8. The molecule has 2 aliphatic rings. The number of nitrogens with zero attached hydrogens (tertiary/aromatic N) is 6. The maximum absolute atomic E-state index is 13.0. The van der Waals surface area contributed by atoms with Gasteiger partial charge in [-0.3, -0.25) is 4.79 Å². The highest BCUT2D eigenvalue weighted by Crippen LogP contribution is 2.29. The number of hydrogen-bond acceptors (Lipinski definition) is 8. The van der Waals surface area contributed by atoms with Crippen molar-refractivity contribution in [3.05, 3.63) is 41.4 Å². The molecular formula is C25H31N9O2. The lowest BCUT2D eigenvalue weighted by Gasteiger charge is -2.28. The minimum absolute atomic E-state index is 0.0127. The van der Waals surface area contributed by atoms with Gasteiger partial charge in [-0.05, 0) is 44.7 Å². The van der Waals surface area contributed by atoms with Crippen LogP contribution in [-0.2, 0) is 0 Å². The summed E-state index contributed by atoms with van der Waals surface area (Å²) in [5.41, 5.74) is 1.65. The highest BCUT2D eigenvalue weighted by atomic mass is 16.3. The third-order valence-electron chi connectivity index (χ3n) is 6.75. The molecule has 1 amide bonds. The summed E-state index contributed by atoms with van der Waals surface area (Å²) in [6.07, 6.45) is 6.75. The number of anilines is 4. The van der Waals surface area contributed by atoms with Crippen LogP contribution in [-0.4, -0.2) is 67.3 Å². The predicted molar refractivity (Wildman–Crippen MR) is 138 cm³/mol. The highest BCUT2D eigenvalue weighted by Gasteiger charge is 2.26. The molecule has 0 aromatic carbocycles. The van der Waals surface area contributed by atoms with Gasteiger partial charge in [-0.15, -0.1) is 4.52 Å². The highest BCUT2D eigenvalue weighted by molar-refractivity contribution is 5.99. The van der Waals surface area contributed by atoms with Crippen molar-refractivity contribution in [1.29, 1.82) is 0 Å². The zero-order valence-corrected chi connectivity index (χ0v) is 20.4. The van der Waals surface area contributed by atoms with Gasteiger partial charge in [0.15, 0.2) is 5.82 Å². The fourth-order valence-electron chi connectivity index (χ4n) is 4.90. The zero-order valence-electron chi connectivity index (χ0n) is 20.4. The minimum Gasteiger partial charge on any atom is -0.391 e. The zero-order chi connectivity index (χ0) is 25.1. The van der Waals surface area contributed by atoms with Gasteiger partial charge in [0.05, 0.1) is 23.9 Å². The number of amides is 1. The first-order chi connectivity index (χ1) is 17.6. The number of carbonyl (C=O) groups excluding carboxylic acids is 1. The molecule has 1 saturated carbocycles. The second-order valence-corrected chi connectivity index (χ2v) is 9.26. The number of hydrogen-bond donors (Lipinski definition) is 4. The van der Waals surface area contributed by atoms with Crippen LogP contribution in [0.2, 0.25) is 0 Å². The van der Waals surface area contributed by atoms with Crippen molar-refractivity contribution in [2.24, 2.45) is 0 Å². The molecule has 5 rings (SSSR count). The van der Waals surface area contributed by atoms with Crippen LogP contribution in [0.5, 0.6) is 0 Å². The van der Waals surface area contributed by atoms with Gasteiger partial charge in [0, 0.05) is 25.7 Å². The second-order valence-electron chi connectivity index (χ2n) is 9.26. The molecular weight excluding hydrogens is 458 g/mol. The first kappa shape index (κ1) is 23.8. The van der Waals surface area contributed by atoms with E-state index in [1.165, 1.54) is 10.7 Å². The summed E-state index contributed by atoms with van der Waals surface area (Å²) in [5.74, 6) is 1.87. The van der Waals surface area contributed by atoms with Gasteiger partial charge in [-0.25, -0.2) is 9.97 Å². The van der Waals surface area contributed by atoms with E-state index < -0.39 is 6.10 Å². The number of likely N-dealkylation sites (tertiary alicyclic amines) is 1. The molecule has 11 heteroatoms. The molecule has 4 heterocycles. The first-order valence-electron chi connectivity index (χ1n) is 12.6. The lowest BCUT2D eigenvalue weighted by Crippen LogP contribution is -2.36. The fourth-order valence-corrected chi connectivity index (χ4v) is 4.90. The molecule has 2 fully saturated rings. The van der Waals surface area contributed by atoms with Crippen LogP contribution in [0.25, 0.3) is 10.5 Å². The topological polar surface area (TPSA) is 124 Å². The smallest absolute Gasteiger partial charge is 0.275 e. The van der Waals surface area contributed by atoms with E-state index in [-0.39, 0.29) is 17.8 Å². The number of pyridine rings is 1. The van der Waals surface area contributed by atoms with Crippen LogP contribution < -0.4 is 16.0 Å². The van der Waals surface area contributed by atoms with E-state index in [1.807, 2.05) is 17.9 Å². The van der Waals surface area contributed by atoms with Gasteiger partial charge in [-0.1, -0.05) is 24.5 Å². The molecule has 0 radical (unpaired) electrons. The van der Waals surface area contributed by atoms with Crippen molar-refractivity contribution < 1.29 is 9.90 Å². The normalized spacial score (nSPS) is 19.8. The average molecular weight is 490 g/mol. The van der Waals surface area contributed by atoms with Gasteiger partial charge in [-0.2, -0.15) is 0 Å². The molecule has 11 nitrogen and oxygen atoms in total. The van der Waals surface area contributed by atoms with E-state index >= 15 is 0 Å². The van der Waals surface area contributed by atoms with E-state index in [0.717, 1.165) is 51.6 Å². The van der Waals surface area contributed by atoms with Gasteiger partial charge >= 0.3 is 0 Å². The lowest BCUT2D eigenvalue weighted by atomic mass is 9.92. The molecule has 2 atom stereocenters. The van der Waals surface area contributed by atoms with Crippen LogP contribution >= 0.6 is 0 Å². The molecule has 1 aliphatic heterocycles. The third kappa shape index (κ3) is 4.77. The number of aliphatic hydroxyl groups is 1. The molecule has 0 bridgehead atoms. The van der Waals surface area contributed by atoms with Crippen molar-refractivity contribution in [3.63, 3.8) is 0 Å². The van der Waals surface area contributed by atoms with Gasteiger partial charge in [0.2, 0.25) is 0 Å². The van der Waals surface area contributed by atoms with Crippen LogP contribution in [0, 0.1) is 6.57 Å². The number of rotatable bonds is 7. The molecule has 36 heavy (non-hydrogen) atoms.